The minimum absolute atomic E-state index is 0.0429. The van der Waals surface area contributed by atoms with E-state index in [1.54, 1.807) is 0 Å². The van der Waals surface area contributed by atoms with Gasteiger partial charge in [0.2, 0.25) is 0 Å². The number of carbonyl (C=O) groups excluding carboxylic acids is 2. The van der Waals surface area contributed by atoms with Crippen LogP contribution in [0.3, 0.4) is 0 Å². The lowest BCUT2D eigenvalue weighted by molar-refractivity contribution is -0.362. The highest BCUT2D eigenvalue weighted by Crippen LogP contribution is 2.49. The lowest BCUT2D eigenvalue weighted by atomic mass is 9.84. The van der Waals surface area contributed by atoms with Gasteiger partial charge in [-0.15, -0.1) is 28.2 Å². The van der Waals surface area contributed by atoms with Crippen LogP contribution in [0.15, 0.2) is 51.9 Å². The summed E-state index contributed by atoms with van der Waals surface area (Å²) >= 11 is 2.79. The van der Waals surface area contributed by atoms with E-state index in [0.29, 0.717) is 60.4 Å². The van der Waals surface area contributed by atoms with E-state index in [0.717, 1.165) is 0 Å². The molecule has 0 bridgehead atoms. The van der Waals surface area contributed by atoms with Crippen LogP contribution in [0.4, 0.5) is 8.63 Å². The number of allylic oxidation sites excluding steroid dienone is 3. The number of fused-ring (bicyclic) bond motifs is 2. The second-order valence-corrected chi connectivity index (χ2v) is 18.6. The van der Waals surface area contributed by atoms with Gasteiger partial charge in [0.25, 0.3) is 0 Å². The lowest BCUT2D eigenvalue weighted by Crippen LogP contribution is -2.51. The second-order valence-electron chi connectivity index (χ2n) is 11.9. The molecule has 5 heterocycles. The molecule has 0 aromatic carbocycles. The fourth-order valence-electron chi connectivity index (χ4n) is 5.98. The van der Waals surface area contributed by atoms with Gasteiger partial charge in [-0.2, -0.15) is 0 Å². The third-order valence-corrected chi connectivity index (χ3v) is 10.6. The maximum absolute atomic E-state index is 17.6. The van der Waals surface area contributed by atoms with E-state index in [4.69, 9.17) is 9.47 Å². The van der Waals surface area contributed by atoms with Crippen LogP contribution in [0.1, 0.15) is 47.9 Å². The van der Waals surface area contributed by atoms with Gasteiger partial charge in [0.05, 0.1) is 19.1 Å². The first-order valence-corrected chi connectivity index (χ1v) is 19.7. The standard InChI is InChI=1S/C32H35BF2N2O4S2Si/c1-20-22(12-14-27(38)40-3)31-24(16-19-44(5,6)7)32-23(13-15-28(39)41-4)21(2)30(26-11-9-18-43-26)37(32)33(34,35)36(31)29(20)25-10-8-17-42-25/h8-11,17-18H,12-15H2,1-7H3. The van der Waals surface area contributed by atoms with E-state index < -0.39 is 27.0 Å². The number of nitrogens with zero attached hydrogens (tertiary/aromatic N) is 2. The Kier molecular flexibility index (Phi) is 8.77. The molecule has 0 aliphatic carbocycles. The van der Waals surface area contributed by atoms with Crippen molar-refractivity contribution in [2.45, 2.75) is 59.2 Å². The average molecular weight is 653 g/mol. The molecule has 0 radical (unpaired) electrons. The van der Waals surface area contributed by atoms with Gasteiger partial charge >= 0.3 is 18.9 Å². The summed E-state index contributed by atoms with van der Waals surface area (Å²) in [7, 11) is 0.664. The molecule has 230 valence electrons. The Morgan fingerprint density at radius 2 is 1.55 bits per heavy atom. The predicted octanol–water partition coefficient (Wildman–Crippen LogP) is 7.31. The molecule has 2 aliphatic rings. The number of halogens is 2. The topological polar surface area (TPSA) is 60.5 Å². The Morgan fingerprint density at radius 3 is 2.09 bits per heavy atom. The summed E-state index contributed by atoms with van der Waals surface area (Å²) in [6.45, 7) is 5.58. The van der Waals surface area contributed by atoms with Gasteiger partial charge in [0.1, 0.15) is 13.6 Å². The highest BCUT2D eigenvalue weighted by atomic mass is 32.1. The van der Waals surface area contributed by atoms with E-state index in [1.165, 1.54) is 45.9 Å². The molecule has 3 aromatic heterocycles. The molecular weight excluding hydrogens is 617 g/mol. The molecule has 5 rings (SSSR count). The van der Waals surface area contributed by atoms with Crippen LogP contribution in [-0.4, -0.2) is 55.9 Å². The van der Waals surface area contributed by atoms with Crippen LogP contribution >= 0.6 is 22.7 Å². The Balaban J connectivity index is 1.95. The number of ether oxygens (including phenoxy) is 2. The Bertz CT molecular complexity index is 1800. The molecule has 6 nitrogen and oxygen atoms in total. The zero-order valence-electron chi connectivity index (χ0n) is 26.0. The Labute approximate surface area is 265 Å². The highest BCUT2D eigenvalue weighted by Gasteiger charge is 2.58. The maximum atomic E-state index is 17.6. The first-order chi connectivity index (χ1) is 20.8. The largest absolute Gasteiger partial charge is 0.738 e. The monoisotopic (exact) mass is 652 g/mol. The molecular formula is C32H35BF2N2O4S2Si. The van der Waals surface area contributed by atoms with Crippen molar-refractivity contribution < 1.29 is 32.2 Å². The Morgan fingerprint density at radius 1 is 0.955 bits per heavy atom. The molecule has 44 heavy (non-hydrogen) atoms. The summed E-state index contributed by atoms with van der Waals surface area (Å²) in [6, 6.07) is 7.40. The molecule has 0 amide bonds. The average Bonchev–Trinajstić information content (AvgIpc) is 3.77. The number of rotatable bonds is 8. The summed E-state index contributed by atoms with van der Waals surface area (Å²) in [5.41, 5.74) is 8.17. The van der Waals surface area contributed by atoms with E-state index in [1.807, 2.05) is 48.9 Å². The van der Waals surface area contributed by atoms with Gasteiger partial charge in [-0.3, -0.25) is 9.59 Å². The fraction of sp³-hybridized carbons (Fsp3) is 0.344. The molecule has 0 atom stereocenters. The third-order valence-electron chi connectivity index (χ3n) is 7.93. The van der Waals surface area contributed by atoms with Gasteiger partial charge in [-0.05, 0) is 60.7 Å². The molecule has 0 fully saturated rings. The minimum atomic E-state index is -4.45. The minimum Gasteiger partial charge on any atom is -0.469 e. The summed E-state index contributed by atoms with van der Waals surface area (Å²) in [4.78, 5) is 26.1. The van der Waals surface area contributed by atoms with Crippen LogP contribution in [0.25, 0.3) is 16.1 Å². The summed E-state index contributed by atoms with van der Waals surface area (Å²) in [5.74, 6) is 2.58. The molecule has 0 N–H and O–H groups in total. The molecule has 0 saturated carbocycles. The molecule has 0 unspecified atom stereocenters. The number of thiophene rings is 2. The van der Waals surface area contributed by atoms with E-state index >= 15 is 8.63 Å². The molecule has 0 spiro atoms. The number of esters is 2. The zero-order valence-corrected chi connectivity index (χ0v) is 28.6. The molecule has 2 aliphatic heterocycles. The zero-order chi connectivity index (χ0) is 32.0. The lowest BCUT2D eigenvalue weighted by Gasteiger charge is -2.33. The number of methoxy groups -OCH3 is 2. The van der Waals surface area contributed by atoms with Crippen molar-refractivity contribution in [3.63, 3.8) is 0 Å². The first kappa shape index (κ1) is 31.9. The van der Waals surface area contributed by atoms with Crippen LogP contribution in [0.5, 0.6) is 0 Å². The van der Waals surface area contributed by atoms with Crippen molar-refractivity contribution in [3.8, 4) is 22.0 Å². The van der Waals surface area contributed by atoms with Crippen molar-refractivity contribution in [1.82, 2.24) is 4.48 Å². The smallest absolute Gasteiger partial charge is 0.469 e. The van der Waals surface area contributed by atoms with Crippen molar-refractivity contribution in [3.05, 3.63) is 73.6 Å². The van der Waals surface area contributed by atoms with Crippen LogP contribution < -0.4 is 0 Å². The van der Waals surface area contributed by atoms with Crippen LogP contribution in [0.2, 0.25) is 19.6 Å². The second kappa shape index (κ2) is 12.1. The normalized spacial score (nSPS) is 15.7. The van der Waals surface area contributed by atoms with Gasteiger partial charge in [-0.1, -0.05) is 37.7 Å². The number of aromatic nitrogens is 1. The summed E-state index contributed by atoms with van der Waals surface area (Å²) < 4.78 is 47.5. The first-order valence-electron chi connectivity index (χ1n) is 14.4. The highest BCUT2D eigenvalue weighted by molar-refractivity contribution is 7.13. The summed E-state index contributed by atoms with van der Waals surface area (Å²) in [6.07, 6.45) is 0.527. The number of hydrogen-bond acceptors (Lipinski definition) is 6. The van der Waals surface area contributed by atoms with Crippen LogP contribution in [-0.2, 0) is 25.5 Å². The Hall–Kier alpha value is -3.53. The predicted molar refractivity (Wildman–Crippen MR) is 177 cm³/mol. The third kappa shape index (κ3) is 5.57. The number of hydrogen-bond donors (Lipinski definition) is 0. The van der Waals surface area contributed by atoms with E-state index in [-0.39, 0.29) is 25.7 Å². The van der Waals surface area contributed by atoms with Crippen LogP contribution in [0, 0.1) is 18.4 Å². The maximum Gasteiger partial charge on any atom is 0.738 e. The van der Waals surface area contributed by atoms with Crippen molar-refractivity contribution >= 4 is 60.9 Å². The SMILES string of the molecule is COC(=O)CCC1=C(C)C(c2cccs2)=[N+]2C1=C(C#C[Si](C)(C)C)c1c(CCC(=O)OC)c(C)c(-c3cccs3)n1[B-]2(F)F. The molecule has 12 heteroatoms. The van der Waals surface area contributed by atoms with E-state index in [9.17, 15) is 9.59 Å². The summed E-state index contributed by atoms with van der Waals surface area (Å²) in [5, 5.41) is 3.75. The van der Waals surface area contributed by atoms with E-state index in [2.05, 4.69) is 31.1 Å². The number of carbonyl (C=O) groups is 2. The molecule has 3 aromatic rings. The fourth-order valence-corrected chi connectivity index (χ4v) is 8.13. The van der Waals surface area contributed by atoms with Gasteiger partial charge < -0.3 is 27.1 Å². The van der Waals surface area contributed by atoms with Gasteiger partial charge in [0, 0.05) is 40.3 Å². The van der Waals surface area contributed by atoms with Gasteiger partial charge in [-0.25, -0.2) is 0 Å². The van der Waals surface area contributed by atoms with Crippen molar-refractivity contribution in [2.24, 2.45) is 0 Å². The molecule has 0 saturated heterocycles. The van der Waals surface area contributed by atoms with Crippen molar-refractivity contribution in [2.75, 3.05) is 14.2 Å². The van der Waals surface area contributed by atoms with Gasteiger partial charge in [0.15, 0.2) is 11.4 Å². The van der Waals surface area contributed by atoms with Crippen molar-refractivity contribution in [1.29, 1.82) is 0 Å². The quantitative estimate of drug-likeness (QED) is 0.146.